The lowest BCUT2D eigenvalue weighted by Gasteiger charge is -2.16. The zero-order valence-electron chi connectivity index (χ0n) is 14.2. The van der Waals surface area contributed by atoms with E-state index < -0.39 is 22.9 Å². The molecular weight excluding hydrogens is 364 g/mol. The number of fused-ring (bicyclic) bond motifs is 1. The Hall–Kier alpha value is -2.42. The molecule has 2 aromatic rings. The number of aryl methyl sites for hydroxylation is 1. The highest BCUT2D eigenvalue weighted by molar-refractivity contribution is 8.00. The molecule has 1 atom stereocenters. The first-order valence-corrected chi connectivity index (χ1v) is 9.05. The van der Waals surface area contributed by atoms with Crippen molar-refractivity contribution in [3.63, 3.8) is 0 Å². The van der Waals surface area contributed by atoms with Gasteiger partial charge in [0.1, 0.15) is 12.4 Å². The molecule has 0 saturated heterocycles. The van der Waals surface area contributed by atoms with E-state index in [0.717, 1.165) is 6.07 Å². The summed E-state index contributed by atoms with van der Waals surface area (Å²) in [6.45, 7) is 3.42. The average Bonchev–Trinajstić information content (AvgIpc) is 2.77. The molecule has 1 aliphatic heterocycles. The van der Waals surface area contributed by atoms with Crippen LogP contribution in [0.4, 0.5) is 14.6 Å². The molecule has 0 radical (unpaired) electrons. The Morgan fingerprint density at radius 1 is 1.46 bits per heavy atom. The SMILES string of the molecule is CCOC(=O)Cn1nc(C)c2c1NC(=O)CS[C@H]2c1cccc(F)c1F. The summed E-state index contributed by atoms with van der Waals surface area (Å²) in [5, 5.41) is 6.37. The molecule has 1 aromatic heterocycles. The van der Waals surface area contributed by atoms with Gasteiger partial charge in [-0.3, -0.25) is 9.59 Å². The Morgan fingerprint density at radius 2 is 2.23 bits per heavy atom. The predicted octanol–water partition coefficient (Wildman–Crippen LogP) is 2.81. The normalized spacial score (nSPS) is 16.6. The molecular formula is C17H17F2N3O3S. The Morgan fingerprint density at radius 3 is 2.96 bits per heavy atom. The Balaban J connectivity index is 2.09. The minimum atomic E-state index is -0.956. The first-order valence-electron chi connectivity index (χ1n) is 8.00. The van der Waals surface area contributed by atoms with E-state index in [-0.39, 0.29) is 30.4 Å². The van der Waals surface area contributed by atoms with Crippen LogP contribution in [0.5, 0.6) is 0 Å². The first-order chi connectivity index (χ1) is 12.4. The van der Waals surface area contributed by atoms with Gasteiger partial charge in [-0.25, -0.2) is 13.5 Å². The van der Waals surface area contributed by atoms with Crippen molar-refractivity contribution in [3.8, 4) is 0 Å². The highest BCUT2D eigenvalue weighted by Crippen LogP contribution is 2.44. The number of hydrogen-bond donors (Lipinski definition) is 1. The topological polar surface area (TPSA) is 73.2 Å². The van der Waals surface area contributed by atoms with Crippen LogP contribution in [0.2, 0.25) is 0 Å². The van der Waals surface area contributed by atoms with Gasteiger partial charge in [0.15, 0.2) is 11.6 Å². The second-order valence-electron chi connectivity index (χ2n) is 5.69. The predicted molar refractivity (Wildman–Crippen MR) is 92.9 cm³/mol. The number of halogens is 2. The maximum absolute atomic E-state index is 14.4. The molecule has 9 heteroatoms. The molecule has 1 N–H and O–H groups in total. The number of ether oxygens (including phenoxy) is 1. The quantitative estimate of drug-likeness (QED) is 0.825. The van der Waals surface area contributed by atoms with E-state index >= 15 is 0 Å². The van der Waals surface area contributed by atoms with Crippen LogP contribution >= 0.6 is 11.8 Å². The third-order valence-electron chi connectivity index (χ3n) is 3.92. The fraction of sp³-hybridized carbons (Fsp3) is 0.353. The second kappa shape index (κ2) is 7.45. The molecule has 0 bridgehead atoms. The zero-order valence-corrected chi connectivity index (χ0v) is 15.0. The van der Waals surface area contributed by atoms with Crippen LogP contribution in [0.15, 0.2) is 18.2 Å². The molecule has 0 unspecified atom stereocenters. The Kier molecular flexibility index (Phi) is 5.26. The maximum Gasteiger partial charge on any atom is 0.327 e. The van der Waals surface area contributed by atoms with Crippen molar-refractivity contribution in [1.29, 1.82) is 0 Å². The first kappa shape index (κ1) is 18.4. The standard InChI is InChI=1S/C17H17F2N3O3S/c1-3-25-13(24)7-22-17-14(9(2)21-22)16(26-8-12(23)20-17)10-5-4-6-11(18)15(10)19/h4-6,16H,3,7-8H2,1-2H3,(H,20,23)/t16-/m0/s1. The number of thioether (sulfide) groups is 1. The number of nitrogens with one attached hydrogen (secondary N) is 1. The summed E-state index contributed by atoms with van der Waals surface area (Å²) >= 11 is 1.18. The third-order valence-corrected chi connectivity index (χ3v) is 5.17. The van der Waals surface area contributed by atoms with E-state index in [1.807, 2.05) is 0 Å². The van der Waals surface area contributed by atoms with Crippen molar-refractivity contribution in [2.24, 2.45) is 0 Å². The Labute approximate surface area is 152 Å². The largest absolute Gasteiger partial charge is 0.465 e. The number of carbonyl (C=O) groups is 2. The lowest BCUT2D eigenvalue weighted by molar-refractivity contribution is -0.144. The van der Waals surface area contributed by atoms with Gasteiger partial charge < -0.3 is 10.1 Å². The summed E-state index contributed by atoms with van der Waals surface area (Å²) in [4.78, 5) is 23.9. The molecule has 0 spiro atoms. The molecule has 6 nitrogen and oxygen atoms in total. The number of benzene rings is 1. The summed E-state index contributed by atoms with van der Waals surface area (Å²) in [7, 11) is 0. The lowest BCUT2D eigenvalue weighted by Crippen LogP contribution is -2.20. The summed E-state index contributed by atoms with van der Waals surface area (Å²) in [5.74, 6) is -2.35. The molecule has 3 rings (SSSR count). The van der Waals surface area contributed by atoms with Gasteiger partial charge in [0.2, 0.25) is 5.91 Å². The van der Waals surface area contributed by atoms with E-state index in [4.69, 9.17) is 4.74 Å². The molecule has 0 fully saturated rings. The van der Waals surface area contributed by atoms with Gasteiger partial charge in [0.05, 0.1) is 23.3 Å². The summed E-state index contributed by atoms with van der Waals surface area (Å²) < 4.78 is 34.3. The molecule has 26 heavy (non-hydrogen) atoms. The van der Waals surface area contributed by atoms with Crippen LogP contribution in [-0.4, -0.2) is 34.0 Å². The minimum Gasteiger partial charge on any atom is -0.465 e. The number of nitrogens with zero attached hydrogens (tertiary/aromatic N) is 2. The van der Waals surface area contributed by atoms with E-state index in [2.05, 4.69) is 10.4 Å². The summed E-state index contributed by atoms with van der Waals surface area (Å²) in [5.41, 5.74) is 1.20. The van der Waals surface area contributed by atoms with Crippen LogP contribution in [0.3, 0.4) is 0 Å². The number of esters is 1. The number of aromatic nitrogens is 2. The van der Waals surface area contributed by atoms with Crippen LogP contribution in [0.25, 0.3) is 0 Å². The number of amides is 1. The zero-order chi connectivity index (χ0) is 18.8. The van der Waals surface area contributed by atoms with Crippen molar-refractivity contribution in [2.45, 2.75) is 25.6 Å². The monoisotopic (exact) mass is 381 g/mol. The van der Waals surface area contributed by atoms with Gasteiger partial charge in [-0.1, -0.05) is 12.1 Å². The number of anilines is 1. The molecule has 138 valence electrons. The number of carbonyl (C=O) groups excluding carboxylic acids is 2. The molecule has 0 aliphatic carbocycles. The van der Waals surface area contributed by atoms with Gasteiger partial charge in [0, 0.05) is 11.1 Å². The fourth-order valence-electron chi connectivity index (χ4n) is 2.86. The summed E-state index contributed by atoms with van der Waals surface area (Å²) in [6, 6.07) is 3.95. The van der Waals surface area contributed by atoms with Crippen molar-refractivity contribution < 1.29 is 23.1 Å². The van der Waals surface area contributed by atoms with Crippen molar-refractivity contribution >= 4 is 29.5 Å². The molecule has 0 saturated carbocycles. The number of rotatable bonds is 4. The van der Waals surface area contributed by atoms with Crippen molar-refractivity contribution in [3.05, 3.63) is 46.7 Å². The average molecular weight is 381 g/mol. The second-order valence-corrected chi connectivity index (χ2v) is 6.79. The summed E-state index contributed by atoms with van der Waals surface area (Å²) in [6.07, 6.45) is 0. The van der Waals surface area contributed by atoms with Crippen molar-refractivity contribution in [2.75, 3.05) is 17.7 Å². The van der Waals surface area contributed by atoms with Gasteiger partial charge in [-0.15, -0.1) is 11.8 Å². The van der Waals surface area contributed by atoms with Gasteiger partial charge in [-0.05, 0) is 19.9 Å². The van der Waals surface area contributed by atoms with Gasteiger partial charge in [0.25, 0.3) is 0 Å². The highest BCUT2D eigenvalue weighted by Gasteiger charge is 2.32. The van der Waals surface area contributed by atoms with E-state index in [9.17, 15) is 18.4 Å². The van der Waals surface area contributed by atoms with Gasteiger partial charge in [-0.2, -0.15) is 5.10 Å². The smallest absolute Gasteiger partial charge is 0.327 e. The highest BCUT2D eigenvalue weighted by atomic mass is 32.2. The van der Waals surface area contributed by atoms with Crippen LogP contribution < -0.4 is 5.32 Å². The van der Waals surface area contributed by atoms with Crippen LogP contribution in [0.1, 0.15) is 29.0 Å². The molecule has 1 aromatic carbocycles. The number of hydrogen-bond acceptors (Lipinski definition) is 5. The van der Waals surface area contributed by atoms with Crippen LogP contribution in [-0.2, 0) is 20.9 Å². The third kappa shape index (κ3) is 3.44. The molecule has 1 aliphatic rings. The maximum atomic E-state index is 14.4. The lowest BCUT2D eigenvalue weighted by atomic mass is 10.0. The van der Waals surface area contributed by atoms with E-state index in [0.29, 0.717) is 17.1 Å². The fourth-order valence-corrected chi connectivity index (χ4v) is 4.06. The Bertz CT molecular complexity index is 869. The van der Waals surface area contributed by atoms with Crippen molar-refractivity contribution in [1.82, 2.24) is 9.78 Å². The minimum absolute atomic E-state index is 0.0636. The molecule has 2 heterocycles. The van der Waals surface area contributed by atoms with Gasteiger partial charge >= 0.3 is 5.97 Å². The van der Waals surface area contributed by atoms with E-state index in [1.165, 1.54) is 28.6 Å². The van der Waals surface area contributed by atoms with E-state index in [1.54, 1.807) is 13.8 Å². The molecule has 1 amide bonds. The van der Waals surface area contributed by atoms with Crippen LogP contribution in [0, 0.1) is 18.6 Å².